The van der Waals surface area contributed by atoms with Crippen LogP contribution in [0.2, 0.25) is 0 Å². The van der Waals surface area contributed by atoms with Crippen LogP contribution in [-0.4, -0.2) is 47.9 Å². The van der Waals surface area contributed by atoms with E-state index in [1.807, 2.05) is 18.7 Å². The number of nitrogens with zero attached hydrogens (tertiary/aromatic N) is 2. The molecule has 0 rings (SSSR count). The van der Waals surface area contributed by atoms with Gasteiger partial charge < -0.3 is 9.80 Å². The fourth-order valence-corrected chi connectivity index (χ4v) is 2.31. The predicted molar refractivity (Wildman–Crippen MR) is 74.1 cm³/mol. The van der Waals surface area contributed by atoms with Crippen molar-refractivity contribution in [3.05, 3.63) is 0 Å². The fraction of sp³-hybridized carbons (Fsp3) is 0.929. The van der Waals surface area contributed by atoms with E-state index in [4.69, 9.17) is 0 Å². The SMILES string of the molecule is CCN(CC)C(=O)CC(C)C(C)N(CC)CC. The standard InChI is InChI=1S/C14H30N2O/c1-7-15(8-2)13(6)12(5)11-14(17)16(9-3)10-4/h12-13H,7-11H2,1-6H3. The average Bonchev–Trinajstić information content (AvgIpc) is 2.31. The van der Waals surface area contributed by atoms with Gasteiger partial charge in [-0.3, -0.25) is 4.79 Å². The molecule has 0 aromatic carbocycles. The molecule has 0 aromatic heterocycles. The minimum absolute atomic E-state index is 0.293. The molecular weight excluding hydrogens is 212 g/mol. The lowest BCUT2D eigenvalue weighted by Crippen LogP contribution is -2.40. The molecule has 0 aliphatic carbocycles. The summed E-state index contributed by atoms with van der Waals surface area (Å²) in [6.07, 6.45) is 0.666. The Bertz CT molecular complexity index is 210. The Morgan fingerprint density at radius 1 is 0.941 bits per heavy atom. The summed E-state index contributed by atoms with van der Waals surface area (Å²) < 4.78 is 0. The van der Waals surface area contributed by atoms with E-state index in [9.17, 15) is 4.79 Å². The molecule has 0 radical (unpaired) electrons. The highest BCUT2D eigenvalue weighted by atomic mass is 16.2. The van der Waals surface area contributed by atoms with Crippen molar-refractivity contribution in [1.29, 1.82) is 0 Å². The first-order valence-electron chi connectivity index (χ1n) is 7.03. The first-order valence-corrected chi connectivity index (χ1v) is 7.03. The zero-order chi connectivity index (χ0) is 13.4. The zero-order valence-electron chi connectivity index (χ0n) is 12.5. The van der Waals surface area contributed by atoms with E-state index >= 15 is 0 Å². The van der Waals surface area contributed by atoms with Crippen molar-refractivity contribution in [2.45, 2.75) is 54.0 Å². The molecule has 102 valence electrons. The molecular formula is C14H30N2O. The fourth-order valence-electron chi connectivity index (χ4n) is 2.31. The molecule has 0 fully saturated rings. The van der Waals surface area contributed by atoms with E-state index in [0.29, 0.717) is 24.3 Å². The number of carbonyl (C=O) groups is 1. The van der Waals surface area contributed by atoms with E-state index in [-0.39, 0.29) is 0 Å². The highest BCUT2D eigenvalue weighted by Crippen LogP contribution is 2.15. The molecule has 0 bridgehead atoms. The maximum absolute atomic E-state index is 12.0. The van der Waals surface area contributed by atoms with Crippen LogP contribution in [-0.2, 0) is 4.79 Å². The third kappa shape index (κ3) is 5.07. The van der Waals surface area contributed by atoms with Gasteiger partial charge in [0.15, 0.2) is 0 Å². The molecule has 0 spiro atoms. The molecule has 0 N–H and O–H groups in total. The summed E-state index contributed by atoms with van der Waals surface area (Å²) in [5.41, 5.74) is 0. The van der Waals surface area contributed by atoms with Gasteiger partial charge in [0.05, 0.1) is 0 Å². The molecule has 0 heterocycles. The van der Waals surface area contributed by atoms with Crippen molar-refractivity contribution in [2.24, 2.45) is 5.92 Å². The van der Waals surface area contributed by atoms with Crippen LogP contribution < -0.4 is 0 Å². The lowest BCUT2D eigenvalue weighted by Gasteiger charge is -2.32. The molecule has 0 saturated carbocycles. The van der Waals surface area contributed by atoms with Crippen molar-refractivity contribution in [3.8, 4) is 0 Å². The van der Waals surface area contributed by atoms with Crippen molar-refractivity contribution < 1.29 is 4.79 Å². The second-order valence-electron chi connectivity index (χ2n) is 4.71. The highest BCUT2D eigenvalue weighted by Gasteiger charge is 2.21. The van der Waals surface area contributed by atoms with Crippen molar-refractivity contribution in [1.82, 2.24) is 9.80 Å². The largest absolute Gasteiger partial charge is 0.343 e. The van der Waals surface area contributed by atoms with Crippen molar-refractivity contribution in [3.63, 3.8) is 0 Å². The van der Waals surface area contributed by atoms with Crippen LogP contribution in [0.1, 0.15) is 48.0 Å². The van der Waals surface area contributed by atoms with Gasteiger partial charge in [-0.1, -0.05) is 20.8 Å². The lowest BCUT2D eigenvalue weighted by atomic mass is 9.97. The van der Waals surface area contributed by atoms with Crippen LogP contribution in [0.5, 0.6) is 0 Å². The van der Waals surface area contributed by atoms with Gasteiger partial charge in [0.2, 0.25) is 5.91 Å². The summed E-state index contributed by atoms with van der Waals surface area (Å²) in [6, 6.07) is 0.476. The summed E-state index contributed by atoms with van der Waals surface area (Å²) in [5.74, 6) is 0.713. The van der Waals surface area contributed by atoms with E-state index in [1.165, 1.54) is 0 Å². The molecule has 1 amide bonds. The van der Waals surface area contributed by atoms with Gasteiger partial charge in [0.1, 0.15) is 0 Å². The van der Waals surface area contributed by atoms with Crippen LogP contribution in [0.3, 0.4) is 0 Å². The third-order valence-corrected chi connectivity index (χ3v) is 3.82. The van der Waals surface area contributed by atoms with Crippen LogP contribution in [0.25, 0.3) is 0 Å². The second kappa shape index (κ2) is 8.51. The third-order valence-electron chi connectivity index (χ3n) is 3.82. The molecule has 0 aliphatic rings. The first kappa shape index (κ1) is 16.4. The monoisotopic (exact) mass is 242 g/mol. The van der Waals surface area contributed by atoms with Crippen LogP contribution >= 0.6 is 0 Å². The van der Waals surface area contributed by atoms with E-state index in [0.717, 1.165) is 26.2 Å². The topological polar surface area (TPSA) is 23.6 Å². The van der Waals surface area contributed by atoms with Gasteiger partial charge in [-0.15, -0.1) is 0 Å². The van der Waals surface area contributed by atoms with Gasteiger partial charge in [-0.25, -0.2) is 0 Å². The van der Waals surface area contributed by atoms with Crippen LogP contribution in [0, 0.1) is 5.92 Å². The Hall–Kier alpha value is -0.570. The normalized spacial score (nSPS) is 14.8. The minimum Gasteiger partial charge on any atom is -0.343 e. The van der Waals surface area contributed by atoms with Crippen LogP contribution in [0.4, 0.5) is 0 Å². The predicted octanol–water partition coefficient (Wildman–Crippen LogP) is 2.61. The molecule has 0 aromatic rings. The highest BCUT2D eigenvalue weighted by molar-refractivity contribution is 5.76. The first-order chi connectivity index (χ1) is 8.01. The van der Waals surface area contributed by atoms with E-state index in [2.05, 4.69) is 32.6 Å². The Kier molecular flexibility index (Phi) is 8.23. The van der Waals surface area contributed by atoms with Crippen molar-refractivity contribution in [2.75, 3.05) is 26.2 Å². The molecule has 3 nitrogen and oxygen atoms in total. The Labute approximate surface area is 107 Å². The maximum atomic E-state index is 12.0. The van der Waals surface area contributed by atoms with Gasteiger partial charge in [-0.2, -0.15) is 0 Å². The van der Waals surface area contributed by atoms with Crippen LogP contribution in [0.15, 0.2) is 0 Å². The van der Waals surface area contributed by atoms with E-state index < -0.39 is 0 Å². The molecule has 17 heavy (non-hydrogen) atoms. The molecule has 2 unspecified atom stereocenters. The number of amides is 1. The number of hydrogen-bond donors (Lipinski definition) is 0. The Morgan fingerprint density at radius 3 is 1.76 bits per heavy atom. The number of rotatable bonds is 8. The molecule has 3 heteroatoms. The summed E-state index contributed by atoms with van der Waals surface area (Å²) in [7, 11) is 0. The summed E-state index contributed by atoms with van der Waals surface area (Å²) in [5, 5.41) is 0. The van der Waals surface area contributed by atoms with Gasteiger partial charge >= 0.3 is 0 Å². The molecule has 2 atom stereocenters. The number of carbonyl (C=O) groups excluding carboxylic acids is 1. The average molecular weight is 242 g/mol. The maximum Gasteiger partial charge on any atom is 0.222 e. The smallest absolute Gasteiger partial charge is 0.222 e. The minimum atomic E-state index is 0.293. The number of hydrogen-bond acceptors (Lipinski definition) is 2. The molecule has 0 aliphatic heterocycles. The summed E-state index contributed by atoms with van der Waals surface area (Å²) in [4.78, 5) is 16.4. The quantitative estimate of drug-likeness (QED) is 0.653. The Balaban J connectivity index is 4.32. The Morgan fingerprint density at radius 2 is 1.41 bits per heavy atom. The second-order valence-corrected chi connectivity index (χ2v) is 4.71. The summed E-state index contributed by atoms with van der Waals surface area (Å²) in [6.45, 7) is 16.6. The van der Waals surface area contributed by atoms with Crippen molar-refractivity contribution >= 4 is 5.91 Å². The van der Waals surface area contributed by atoms with Gasteiger partial charge in [0, 0.05) is 25.6 Å². The van der Waals surface area contributed by atoms with E-state index in [1.54, 1.807) is 0 Å². The van der Waals surface area contributed by atoms with Gasteiger partial charge in [-0.05, 0) is 39.8 Å². The zero-order valence-corrected chi connectivity index (χ0v) is 12.5. The van der Waals surface area contributed by atoms with Gasteiger partial charge in [0.25, 0.3) is 0 Å². The lowest BCUT2D eigenvalue weighted by molar-refractivity contribution is -0.132. The molecule has 0 saturated heterocycles. The summed E-state index contributed by atoms with van der Waals surface area (Å²) >= 11 is 0.